The van der Waals surface area contributed by atoms with E-state index in [2.05, 4.69) is 9.98 Å². The minimum Gasteiger partial charge on any atom is -0.444 e. The van der Waals surface area contributed by atoms with Gasteiger partial charge in [-0.3, -0.25) is 9.98 Å². The molecule has 0 fully saturated rings. The molecule has 0 atom stereocenters. The smallest absolute Gasteiger partial charge is 0.410 e. The Hall–Kier alpha value is -2.17. The van der Waals surface area contributed by atoms with Gasteiger partial charge in [-0.1, -0.05) is 0 Å². The average Bonchev–Trinajstić information content (AvgIpc) is 2.89. The summed E-state index contributed by atoms with van der Waals surface area (Å²) < 4.78 is 5.48. The van der Waals surface area contributed by atoms with Gasteiger partial charge >= 0.3 is 6.09 Å². The molecule has 116 valence electrons. The molecule has 3 rings (SSSR count). The highest BCUT2D eigenvalue weighted by Gasteiger charge is 2.31. The van der Waals surface area contributed by atoms with Gasteiger partial charge in [-0.05, 0) is 50.5 Å². The van der Waals surface area contributed by atoms with Crippen LogP contribution in [0.5, 0.6) is 0 Å². The van der Waals surface area contributed by atoms with E-state index in [0.717, 1.165) is 24.2 Å². The second-order valence-corrected chi connectivity index (χ2v) is 6.63. The summed E-state index contributed by atoms with van der Waals surface area (Å²) in [6.07, 6.45) is 4.16. The lowest BCUT2D eigenvalue weighted by Crippen LogP contribution is -2.41. The van der Waals surface area contributed by atoms with Crippen LogP contribution in [0.25, 0.3) is 0 Å². The average molecular weight is 299 g/mol. The number of hydrogen-bond acceptors (Lipinski definition) is 4. The Kier molecular flexibility index (Phi) is 3.72. The Labute approximate surface area is 130 Å². The molecule has 5 heteroatoms. The molecular weight excluding hydrogens is 278 g/mol. The lowest BCUT2D eigenvalue weighted by atomic mass is 9.96. The van der Waals surface area contributed by atoms with Gasteiger partial charge in [-0.25, -0.2) is 4.79 Å². The minimum atomic E-state index is -0.469. The first kappa shape index (κ1) is 14.8. The van der Waals surface area contributed by atoms with Crippen molar-refractivity contribution in [3.05, 3.63) is 41.2 Å². The first-order chi connectivity index (χ1) is 10.4. The Bertz CT molecular complexity index is 642. The van der Waals surface area contributed by atoms with Crippen LogP contribution in [-0.2, 0) is 4.74 Å². The predicted molar refractivity (Wildman–Crippen MR) is 85.1 cm³/mol. The molecule has 0 aliphatic carbocycles. The molecule has 0 radical (unpaired) electrons. The van der Waals surface area contributed by atoms with Crippen molar-refractivity contribution in [3.8, 4) is 0 Å². The van der Waals surface area contributed by atoms with Crippen molar-refractivity contribution >= 4 is 11.8 Å². The summed E-state index contributed by atoms with van der Waals surface area (Å²) in [5.41, 5.74) is 4.09. The zero-order valence-electron chi connectivity index (χ0n) is 13.3. The number of nitrogens with zero attached hydrogens (tertiary/aromatic N) is 3. The molecule has 3 heterocycles. The van der Waals surface area contributed by atoms with E-state index in [9.17, 15) is 4.79 Å². The summed E-state index contributed by atoms with van der Waals surface area (Å²) in [6.45, 7) is 7.68. The first-order valence-corrected chi connectivity index (χ1v) is 7.58. The van der Waals surface area contributed by atoms with Gasteiger partial charge in [0.25, 0.3) is 0 Å². The number of aromatic nitrogens is 1. The van der Waals surface area contributed by atoms with Gasteiger partial charge in [0.2, 0.25) is 0 Å². The molecule has 1 aromatic rings. The number of rotatable bonds is 1. The van der Waals surface area contributed by atoms with Crippen LogP contribution in [0, 0.1) is 0 Å². The topological polar surface area (TPSA) is 54.8 Å². The first-order valence-electron chi connectivity index (χ1n) is 7.58. The van der Waals surface area contributed by atoms with Crippen LogP contribution < -0.4 is 0 Å². The summed E-state index contributed by atoms with van der Waals surface area (Å²) in [5.74, 6) is 0. The molecule has 0 aromatic carbocycles. The summed E-state index contributed by atoms with van der Waals surface area (Å²) in [4.78, 5) is 22.8. The third-order valence-corrected chi connectivity index (χ3v) is 3.78. The van der Waals surface area contributed by atoms with Gasteiger partial charge in [-0.2, -0.15) is 0 Å². The van der Waals surface area contributed by atoms with Gasteiger partial charge in [0.15, 0.2) is 0 Å². The van der Waals surface area contributed by atoms with Crippen molar-refractivity contribution in [3.63, 3.8) is 0 Å². The summed E-state index contributed by atoms with van der Waals surface area (Å²) in [7, 11) is 0. The Morgan fingerprint density at radius 2 is 2.00 bits per heavy atom. The maximum Gasteiger partial charge on any atom is 0.410 e. The van der Waals surface area contributed by atoms with E-state index in [4.69, 9.17) is 4.74 Å². The highest BCUT2D eigenvalue weighted by molar-refractivity contribution is 6.15. The largest absolute Gasteiger partial charge is 0.444 e. The number of pyridine rings is 1. The van der Waals surface area contributed by atoms with E-state index in [-0.39, 0.29) is 6.09 Å². The maximum absolute atomic E-state index is 12.3. The molecule has 1 aromatic heterocycles. The molecule has 22 heavy (non-hydrogen) atoms. The molecule has 2 aliphatic heterocycles. The molecule has 2 aliphatic rings. The number of carbonyl (C=O) groups is 1. The van der Waals surface area contributed by atoms with Crippen molar-refractivity contribution in [1.29, 1.82) is 0 Å². The highest BCUT2D eigenvalue weighted by atomic mass is 16.6. The molecule has 0 saturated heterocycles. The Balaban J connectivity index is 1.77. The standard InChI is InChI=1S/C17H21N3O2/c1-17(2,3)22-16(21)20-9-6-13-10-19-15(14(13)11-20)12-4-7-18-8-5-12/h4-5,7-8H,6,9-11H2,1-3H3. The number of hydrogen-bond donors (Lipinski definition) is 0. The van der Waals surface area contributed by atoms with Gasteiger partial charge in [0.05, 0.1) is 18.8 Å². The summed E-state index contributed by atoms with van der Waals surface area (Å²) in [6, 6.07) is 3.92. The molecular formula is C17H21N3O2. The van der Waals surface area contributed by atoms with Crippen molar-refractivity contribution in [2.75, 3.05) is 19.6 Å². The number of carbonyl (C=O) groups excluding carboxylic acids is 1. The van der Waals surface area contributed by atoms with E-state index in [0.29, 0.717) is 13.1 Å². The molecule has 0 bridgehead atoms. The summed E-state index contributed by atoms with van der Waals surface area (Å²) >= 11 is 0. The highest BCUT2D eigenvalue weighted by Crippen LogP contribution is 2.28. The lowest BCUT2D eigenvalue weighted by molar-refractivity contribution is 0.0263. The molecule has 0 saturated carbocycles. The minimum absolute atomic E-state index is 0.250. The van der Waals surface area contributed by atoms with Crippen molar-refractivity contribution in [1.82, 2.24) is 9.88 Å². The van der Waals surface area contributed by atoms with Gasteiger partial charge < -0.3 is 9.64 Å². The molecule has 1 amide bonds. The third-order valence-electron chi connectivity index (χ3n) is 3.78. The van der Waals surface area contributed by atoms with Gasteiger partial charge in [-0.15, -0.1) is 0 Å². The van der Waals surface area contributed by atoms with E-state index < -0.39 is 5.60 Å². The van der Waals surface area contributed by atoms with E-state index in [1.807, 2.05) is 32.9 Å². The lowest BCUT2D eigenvalue weighted by Gasteiger charge is -2.31. The van der Waals surface area contributed by atoms with Crippen LogP contribution in [0.15, 0.2) is 40.7 Å². The fourth-order valence-corrected chi connectivity index (χ4v) is 2.75. The maximum atomic E-state index is 12.3. The third kappa shape index (κ3) is 3.03. The van der Waals surface area contributed by atoms with Gasteiger partial charge in [0, 0.05) is 24.5 Å². The fraction of sp³-hybridized carbons (Fsp3) is 0.471. The van der Waals surface area contributed by atoms with Crippen LogP contribution in [0.3, 0.4) is 0 Å². The molecule has 0 N–H and O–H groups in total. The molecule has 0 unspecified atom stereocenters. The summed E-state index contributed by atoms with van der Waals surface area (Å²) in [5, 5.41) is 0. The fourth-order valence-electron chi connectivity index (χ4n) is 2.75. The van der Waals surface area contributed by atoms with E-state index >= 15 is 0 Å². The predicted octanol–water partition coefficient (Wildman–Crippen LogP) is 2.82. The zero-order chi connectivity index (χ0) is 15.7. The van der Waals surface area contributed by atoms with Crippen LogP contribution >= 0.6 is 0 Å². The number of aliphatic imine (C=N–C) groups is 1. The van der Waals surface area contributed by atoms with E-state index in [1.54, 1.807) is 17.3 Å². The second-order valence-electron chi connectivity index (χ2n) is 6.63. The monoisotopic (exact) mass is 299 g/mol. The SMILES string of the molecule is CC(C)(C)OC(=O)N1CCC2=C(C1)C(c1ccncc1)=NC2. The van der Waals surface area contributed by atoms with Crippen molar-refractivity contribution in [2.45, 2.75) is 32.8 Å². The van der Waals surface area contributed by atoms with Crippen molar-refractivity contribution in [2.24, 2.45) is 4.99 Å². The van der Waals surface area contributed by atoms with Crippen LogP contribution in [0.1, 0.15) is 32.8 Å². The normalized spacial score (nSPS) is 18.1. The quantitative estimate of drug-likeness (QED) is 0.801. The number of amides is 1. The number of ether oxygens (including phenoxy) is 1. The van der Waals surface area contributed by atoms with Gasteiger partial charge in [0.1, 0.15) is 5.60 Å². The Morgan fingerprint density at radius 3 is 2.68 bits per heavy atom. The Morgan fingerprint density at radius 1 is 1.27 bits per heavy atom. The molecule has 5 nitrogen and oxygen atoms in total. The molecule has 0 spiro atoms. The van der Waals surface area contributed by atoms with E-state index in [1.165, 1.54) is 11.1 Å². The van der Waals surface area contributed by atoms with Crippen LogP contribution in [0.4, 0.5) is 4.79 Å². The van der Waals surface area contributed by atoms with Crippen LogP contribution in [0.2, 0.25) is 0 Å². The van der Waals surface area contributed by atoms with Crippen molar-refractivity contribution < 1.29 is 9.53 Å². The zero-order valence-corrected chi connectivity index (χ0v) is 13.3. The van der Waals surface area contributed by atoms with Crippen LogP contribution in [-0.4, -0.2) is 46.9 Å². The second kappa shape index (κ2) is 5.55.